The van der Waals surface area contributed by atoms with Gasteiger partial charge in [-0.25, -0.2) is 0 Å². The number of fused-ring (bicyclic) bond motifs is 1. The molecule has 3 rings (SSSR count). The first-order valence-corrected chi connectivity index (χ1v) is 5.92. The number of rotatable bonds is 0. The minimum Gasteiger partial charge on any atom is -0.361 e. The highest BCUT2D eigenvalue weighted by atomic mass is 15.3. The van der Waals surface area contributed by atoms with Crippen LogP contribution >= 0.6 is 0 Å². The summed E-state index contributed by atoms with van der Waals surface area (Å²) < 4.78 is 0. The first kappa shape index (κ1) is 9.53. The molecule has 0 amide bonds. The zero-order valence-corrected chi connectivity index (χ0v) is 9.21. The predicted octanol–water partition coefficient (Wildman–Crippen LogP) is 3.06. The Morgan fingerprint density at radius 1 is 1.06 bits per heavy atom. The third-order valence-electron chi connectivity index (χ3n) is 3.60. The second-order valence-corrected chi connectivity index (χ2v) is 4.76. The van der Waals surface area contributed by atoms with Gasteiger partial charge in [-0.05, 0) is 43.9 Å². The second-order valence-electron chi connectivity index (χ2n) is 4.76. The topological polar surface area (TPSA) is 47.9 Å². The van der Waals surface area contributed by atoms with Crippen molar-refractivity contribution >= 4 is 11.4 Å². The molecule has 0 radical (unpaired) electrons. The van der Waals surface area contributed by atoms with Gasteiger partial charge >= 0.3 is 0 Å². The Morgan fingerprint density at radius 2 is 1.81 bits per heavy atom. The maximum atomic E-state index is 8.87. The van der Waals surface area contributed by atoms with Gasteiger partial charge in [0.25, 0.3) is 0 Å². The van der Waals surface area contributed by atoms with Crippen molar-refractivity contribution in [3.8, 4) is 6.07 Å². The molecule has 0 aromatic heterocycles. The largest absolute Gasteiger partial charge is 0.361 e. The molecule has 1 aliphatic carbocycles. The molecule has 1 saturated carbocycles. The standard InChI is InChI=1S/C13H15N3/c14-9-10-4-5-11-12(8-10)16-13(15-11)6-2-1-3-7-13/h4-5,8,15-16H,1-3,6-7H2. The van der Waals surface area contributed by atoms with E-state index in [0.29, 0.717) is 0 Å². The molecule has 3 nitrogen and oxygen atoms in total. The lowest BCUT2D eigenvalue weighted by Gasteiger charge is -2.34. The van der Waals surface area contributed by atoms with E-state index in [4.69, 9.17) is 5.26 Å². The van der Waals surface area contributed by atoms with Crippen molar-refractivity contribution in [3.63, 3.8) is 0 Å². The van der Waals surface area contributed by atoms with Crippen LogP contribution in [0.5, 0.6) is 0 Å². The third kappa shape index (κ3) is 1.42. The molecule has 1 fully saturated rings. The van der Waals surface area contributed by atoms with Crippen molar-refractivity contribution in [2.24, 2.45) is 0 Å². The smallest absolute Gasteiger partial charge is 0.108 e. The molecule has 1 spiro atoms. The van der Waals surface area contributed by atoms with Gasteiger partial charge in [-0.2, -0.15) is 5.26 Å². The highest BCUT2D eigenvalue weighted by molar-refractivity contribution is 5.77. The quantitative estimate of drug-likeness (QED) is 0.696. The summed E-state index contributed by atoms with van der Waals surface area (Å²) in [6, 6.07) is 7.99. The van der Waals surface area contributed by atoms with Crippen molar-refractivity contribution in [2.75, 3.05) is 10.6 Å². The summed E-state index contributed by atoms with van der Waals surface area (Å²) in [5.74, 6) is 0. The zero-order chi connectivity index (χ0) is 11.0. The molecule has 1 aliphatic heterocycles. The van der Waals surface area contributed by atoms with E-state index in [1.54, 1.807) is 0 Å². The summed E-state index contributed by atoms with van der Waals surface area (Å²) in [7, 11) is 0. The Balaban J connectivity index is 1.91. The van der Waals surface area contributed by atoms with Crippen LogP contribution in [0.25, 0.3) is 0 Å². The molecule has 3 heteroatoms. The Morgan fingerprint density at radius 3 is 2.56 bits per heavy atom. The molecule has 0 bridgehead atoms. The van der Waals surface area contributed by atoms with Crippen LogP contribution in [0.4, 0.5) is 11.4 Å². The summed E-state index contributed by atoms with van der Waals surface area (Å²) in [6.07, 6.45) is 6.23. The number of nitrogens with zero attached hydrogens (tertiary/aromatic N) is 1. The molecule has 0 atom stereocenters. The molecule has 1 heterocycles. The molecular formula is C13H15N3. The van der Waals surface area contributed by atoms with Crippen LogP contribution in [0.2, 0.25) is 0 Å². The Labute approximate surface area is 95.5 Å². The summed E-state index contributed by atoms with van der Waals surface area (Å²) in [6.45, 7) is 0. The Hall–Kier alpha value is -1.69. The van der Waals surface area contributed by atoms with E-state index in [0.717, 1.165) is 16.9 Å². The van der Waals surface area contributed by atoms with Gasteiger partial charge in [0, 0.05) is 0 Å². The van der Waals surface area contributed by atoms with Crippen molar-refractivity contribution < 1.29 is 0 Å². The summed E-state index contributed by atoms with van der Waals surface area (Å²) in [5.41, 5.74) is 3.01. The van der Waals surface area contributed by atoms with Gasteiger partial charge in [-0.15, -0.1) is 0 Å². The average Bonchev–Trinajstić information content (AvgIpc) is 2.66. The summed E-state index contributed by atoms with van der Waals surface area (Å²) in [4.78, 5) is 0. The fourth-order valence-electron chi connectivity index (χ4n) is 2.78. The minimum atomic E-state index is 0.0641. The number of hydrogen-bond acceptors (Lipinski definition) is 3. The highest BCUT2D eigenvalue weighted by Gasteiger charge is 2.36. The maximum Gasteiger partial charge on any atom is 0.108 e. The van der Waals surface area contributed by atoms with E-state index in [-0.39, 0.29) is 5.66 Å². The fraction of sp³-hybridized carbons (Fsp3) is 0.462. The first-order chi connectivity index (χ1) is 7.81. The number of nitriles is 1. The van der Waals surface area contributed by atoms with Crippen LogP contribution < -0.4 is 10.6 Å². The first-order valence-electron chi connectivity index (χ1n) is 5.92. The van der Waals surface area contributed by atoms with Crippen molar-refractivity contribution in [1.29, 1.82) is 5.26 Å². The lowest BCUT2D eigenvalue weighted by Crippen LogP contribution is -2.43. The molecule has 0 saturated heterocycles. The van der Waals surface area contributed by atoms with Crippen LogP contribution in [0.3, 0.4) is 0 Å². The molecule has 2 N–H and O–H groups in total. The maximum absolute atomic E-state index is 8.87. The van der Waals surface area contributed by atoms with Crippen LogP contribution in [0.15, 0.2) is 18.2 Å². The van der Waals surface area contributed by atoms with Crippen molar-refractivity contribution in [1.82, 2.24) is 0 Å². The lowest BCUT2D eigenvalue weighted by atomic mass is 9.89. The van der Waals surface area contributed by atoms with Crippen molar-refractivity contribution in [3.05, 3.63) is 23.8 Å². The van der Waals surface area contributed by atoms with Crippen LogP contribution in [0.1, 0.15) is 37.7 Å². The van der Waals surface area contributed by atoms with E-state index >= 15 is 0 Å². The van der Waals surface area contributed by atoms with Gasteiger partial charge in [0.1, 0.15) is 5.66 Å². The molecule has 0 unspecified atom stereocenters. The van der Waals surface area contributed by atoms with E-state index in [2.05, 4.69) is 16.7 Å². The molecular weight excluding hydrogens is 198 g/mol. The van der Waals surface area contributed by atoms with E-state index in [9.17, 15) is 0 Å². The summed E-state index contributed by atoms with van der Waals surface area (Å²) in [5, 5.41) is 16.0. The normalized spacial score (nSPS) is 20.7. The van der Waals surface area contributed by atoms with Crippen LogP contribution in [-0.4, -0.2) is 5.66 Å². The average molecular weight is 213 g/mol. The predicted molar refractivity (Wildman–Crippen MR) is 64.2 cm³/mol. The minimum absolute atomic E-state index is 0.0641. The van der Waals surface area contributed by atoms with E-state index in [1.165, 1.54) is 32.1 Å². The lowest BCUT2D eigenvalue weighted by molar-refractivity contribution is 0.367. The SMILES string of the molecule is N#Cc1ccc2c(c1)NC1(CCCCC1)N2. The summed E-state index contributed by atoms with van der Waals surface area (Å²) >= 11 is 0. The van der Waals surface area contributed by atoms with Gasteiger partial charge in [0.2, 0.25) is 0 Å². The second kappa shape index (κ2) is 3.41. The van der Waals surface area contributed by atoms with Gasteiger partial charge < -0.3 is 10.6 Å². The van der Waals surface area contributed by atoms with Crippen molar-refractivity contribution in [2.45, 2.75) is 37.8 Å². The van der Waals surface area contributed by atoms with Gasteiger partial charge in [-0.3, -0.25) is 0 Å². The monoisotopic (exact) mass is 213 g/mol. The molecule has 1 aromatic carbocycles. The van der Waals surface area contributed by atoms with Gasteiger partial charge in [0.15, 0.2) is 0 Å². The Bertz CT molecular complexity index is 453. The van der Waals surface area contributed by atoms with Crippen LogP contribution in [0, 0.1) is 11.3 Å². The number of nitrogens with one attached hydrogen (secondary N) is 2. The zero-order valence-electron chi connectivity index (χ0n) is 9.21. The highest BCUT2D eigenvalue weighted by Crippen LogP contribution is 2.41. The fourth-order valence-corrected chi connectivity index (χ4v) is 2.78. The Kier molecular flexibility index (Phi) is 2.03. The van der Waals surface area contributed by atoms with Gasteiger partial charge in [-0.1, -0.05) is 6.42 Å². The number of anilines is 2. The van der Waals surface area contributed by atoms with E-state index < -0.39 is 0 Å². The molecule has 1 aromatic rings. The van der Waals surface area contributed by atoms with E-state index in [1.807, 2.05) is 18.2 Å². The van der Waals surface area contributed by atoms with Crippen LogP contribution in [-0.2, 0) is 0 Å². The number of hydrogen-bond donors (Lipinski definition) is 2. The molecule has 82 valence electrons. The third-order valence-corrected chi connectivity index (χ3v) is 3.60. The number of benzene rings is 1. The van der Waals surface area contributed by atoms with Gasteiger partial charge in [0.05, 0.1) is 23.0 Å². The molecule has 16 heavy (non-hydrogen) atoms. The molecule has 2 aliphatic rings.